The Morgan fingerprint density at radius 1 is 1.33 bits per heavy atom. The molecule has 0 bridgehead atoms. The second kappa shape index (κ2) is 6.30. The summed E-state index contributed by atoms with van der Waals surface area (Å²) < 4.78 is 36.2. The first-order valence-electron chi connectivity index (χ1n) is 6.07. The van der Waals surface area contributed by atoms with Crippen LogP contribution < -0.4 is 5.32 Å². The lowest BCUT2D eigenvalue weighted by molar-refractivity contribution is -0.137. The summed E-state index contributed by atoms with van der Waals surface area (Å²) in [5, 5.41) is 2.50. The summed E-state index contributed by atoms with van der Waals surface area (Å²) in [7, 11) is 0. The summed E-state index contributed by atoms with van der Waals surface area (Å²) in [6.07, 6.45) is -3.05. The standard InChI is InChI=1S/C13H12F3N3OS/c1-8(11(20)17-6-13(14,15)16)21-12-9-4-2-3-5-10(9)18-7-19-12/h2-5,7-8H,6H2,1H3,(H,17,20). The van der Waals surface area contributed by atoms with Crippen molar-refractivity contribution in [2.45, 2.75) is 23.4 Å². The second-order valence-corrected chi connectivity index (χ2v) is 5.62. The minimum absolute atomic E-state index is 0.565. The molecule has 1 aromatic carbocycles. The third kappa shape index (κ3) is 4.32. The molecule has 4 nitrogen and oxygen atoms in total. The Morgan fingerprint density at radius 3 is 2.76 bits per heavy atom. The van der Waals surface area contributed by atoms with Crippen LogP contribution in [0.5, 0.6) is 0 Å². The SMILES string of the molecule is CC(Sc1ncnc2ccccc12)C(=O)NCC(F)(F)F. The number of carbonyl (C=O) groups is 1. The largest absolute Gasteiger partial charge is 0.405 e. The zero-order valence-corrected chi connectivity index (χ0v) is 11.8. The van der Waals surface area contributed by atoms with Crippen molar-refractivity contribution in [1.82, 2.24) is 15.3 Å². The van der Waals surface area contributed by atoms with Gasteiger partial charge < -0.3 is 5.32 Å². The molecule has 0 aliphatic rings. The molecular weight excluding hydrogens is 303 g/mol. The number of thioether (sulfide) groups is 1. The second-order valence-electron chi connectivity index (χ2n) is 4.29. The Bertz CT molecular complexity index is 643. The molecule has 0 aliphatic heterocycles. The lowest BCUT2D eigenvalue weighted by atomic mass is 10.2. The highest BCUT2D eigenvalue weighted by Gasteiger charge is 2.29. The Kier molecular flexibility index (Phi) is 4.66. The van der Waals surface area contributed by atoms with Crippen molar-refractivity contribution in [3.05, 3.63) is 30.6 Å². The monoisotopic (exact) mass is 315 g/mol. The maximum atomic E-state index is 12.1. The van der Waals surface area contributed by atoms with E-state index in [1.165, 1.54) is 13.3 Å². The molecule has 1 N–H and O–H groups in total. The molecule has 0 fully saturated rings. The van der Waals surface area contributed by atoms with E-state index in [0.717, 1.165) is 22.7 Å². The van der Waals surface area contributed by atoms with Gasteiger partial charge in [0.05, 0.1) is 10.8 Å². The van der Waals surface area contributed by atoms with Crippen molar-refractivity contribution >= 4 is 28.6 Å². The van der Waals surface area contributed by atoms with Crippen LogP contribution in [-0.2, 0) is 4.79 Å². The summed E-state index contributed by atoms with van der Waals surface area (Å²) in [6.45, 7) is 0.203. The van der Waals surface area contributed by atoms with Crippen molar-refractivity contribution < 1.29 is 18.0 Å². The van der Waals surface area contributed by atoms with Crippen molar-refractivity contribution in [2.75, 3.05) is 6.54 Å². The van der Waals surface area contributed by atoms with E-state index in [4.69, 9.17) is 0 Å². The van der Waals surface area contributed by atoms with Gasteiger partial charge in [0.1, 0.15) is 17.9 Å². The van der Waals surface area contributed by atoms with Crippen molar-refractivity contribution in [2.24, 2.45) is 0 Å². The van der Waals surface area contributed by atoms with Crippen LogP contribution in [0.4, 0.5) is 13.2 Å². The molecule has 2 aromatic rings. The quantitative estimate of drug-likeness (QED) is 0.696. The van der Waals surface area contributed by atoms with Crippen LogP contribution in [0.2, 0.25) is 0 Å². The first-order chi connectivity index (χ1) is 9.87. The van der Waals surface area contributed by atoms with Gasteiger partial charge in [-0.2, -0.15) is 13.2 Å². The molecule has 0 saturated carbocycles. The van der Waals surface area contributed by atoms with Gasteiger partial charge in [-0.05, 0) is 13.0 Å². The number of halogens is 3. The smallest absolute Gasteiger partial charge is 0.346 e. The van der Waals surface area contributed by atoms with Crippen LogP contribution in [0.3, 0.4) is 0 Å². The fourth-order valence-electron chi connectivity index (χ4n) is 1.63. The Labute approximate surface area is 123 Å². The molecule has 0 spiro atoms. The Hall–Kier alpha value is -1.83. The number of amides is 1. The average molecular weight is 315 g/mol. The third-order valence-electron chi connectivity index (χ3n) is 2.63. The zero-order valence-electron chi connectivity index (χ0n) is 11.0. The number of nitrogens with one attached hydrogen (secondary N) is 1. The van der Waals surface area contributed by atoms with E-state index in [-0.39, 0.29) is 0 Å². The van der Waals surface area contributed by atoms with Gasteiger partial charge in [-0.15, -0.1) is 0 Å². The number of hydrogen-bond donors (Lipinski definition) is 1. The summed E-state index contributed by atoms with van der Waals surface area (Å²) in [5.74, 6) is -0.681. The fraction of sp³-hybridized carbons (Fsp3) is 0.308. The molecule has 112 valence electrons. The molecule has 2 rings (SSSR count). The molecule has 0 saturated heterocycles. The minimum Gasteiger partial charge on any atom is -0.346 e. The van der Waals surface area contributed by atoms with Gasteiger partial charge in [-0.25, -0.2) is 9.97 Å². The van der Waals surface area contributed by atoms with E-state index in [1.54, 1.807) is 12.1 Å². The first-order valence-corrected chi connectivity index (χ1v) is 6.95. The van der Waals surface area contributed by atoms with Crippen LogP contribution in [-0.4, -0.2) is 33.8 Å². The number of para-hydroxylation sites is 1. The summed E-state index contributed by atoms with van der Waals surface area (Å²) >= 11 is 1.10. The van der Waals surface area contributed by atoms with E-state index in [1.807, 2.05) is 17.4 Å². The van der Waals surface area contributed by atoms with Gasteiger partial charge in [0.2, 0.25) is 5.91 Å². The molecular formula is C13H12F3N3OS. The molecule has 1 unspecified atom stereocenters. The number of hydrogen-bond acceptors (Lipinski definition) is 4. The topological polar surface area (TPSA) is 54.9 Å². The molecule has 1 amide bonds. The van der Waals surface area contributed by atoms with Crippen LogP contribution in [0.15, 0.2) is 35.6 Å². The highest BCUT2D eigenvalue weighted by molar-refractivity contribution is 8.00. The highest BCUT2D eigenvalue weighted by atomic mass is 32.2. The van der Waals surface area contributed by atoms with Crippen LogP contribution >= 0.6 is 11.8 Å². The summed E-state index contributed by atoms with van der Waals surface area (Å²) in [5.41, 5.74) is 0.720. The number of rotatable bonds is 4. The van der Waals surface area contributed by atoms with Gasteiger partial charge in [0.15, 0.2) is 0 Å². The van der Waals surface area contributed by atoms with Crippen molar-refractivity contribution in [3.63, 3.8) is 0 Å². The molecule has 0 radical (unpaired) electrons. The predicted molar refractivity (Wildman–Crippen MR) is 73.9 cm³/mol. The van der Waals surface area contributed by atoms with Crippen molar-refractivity contribution in [1.29, 1.82) is 0 Å². The Morgan fingerprint density at radius 2 is 2.05 bits per heavy atom. The van der Waals surface area contributed by atoms with Gasteiger partial charge in [0, 0.05) is 5.39 Å². The number of carbonyl (C=O) groups excluding carboxylic acids is 1. The number of benzene rings is 1. The summed E-state index contributed by atoms with van der Waals surface area (Å²) in [4.78, 5) is 19.8. The van der Waals surface area contributed by atoms with Crippen LogP contribution in [0.25, 0.3) is 10.9 Å². The maximum Gasteiger partial charge on any atom is 0.405 e. The van der Waals surface area contributed by atoms with Crippen LogP contribution in [0, 0.1) is 0 Å². The number of nitrogens with zero attached hydrogens (tertiary/aromatic N) is 2. The predicted octanol–water partition coefficient (Wildman–Crippen LogP) is 2.79. The minimum atomic E-state index is -4.42. The molecule has 1 aromatic heterocycles. The molecule has 0 aliphatic carbocycles. The fourth-order valence-corrected chi connectivity index (χ4v) is 2.56. The normalized spacial score (nSPS) is 13.1. The first kappa shape index (κ1) is 15.6. The lowest BCUT2D eigenvalue weighted by Gasteiger charge is -2.13. The van der Waals surface area contributed by atoms with E-state index in [0.29, 0.717) is 5.03 Å². The zero-order chi connectivity index (χ0) is 15.5. The lowest BCUT2D eigenvalue weighted by Crippen LogP contribution is -2.38. The van der Waals surface area contributed by atoms with Crippen LogP contribution in [0.1, 0.15) is 6.92 Å². The number of fused-ring (bicyclic) bond motifs is 1. The van der Waals surface area contributed by atoms with E-state index >= 15 is 0 Å². The molecule has 8 heteroatoms. The molecule has 1 atom stereocenters. The molecule has 21 heavy (non-hydrogen) atoms. The highest BCUT2D eigenvalue weighted by Crippen LogP contribution is 2.27. The summed E-state index contributed by atoms with van der Waals surface area (Å²) in [6, 6.07) is 7.24. The van der Waals surface area contributed by atoms with Gasteiger partial charge in [-0.1, -0.05) is 30.0 Å². The average Bonchev–Trinajstić information content (AvgIpc) is 2.44. The van der Waals surface area contributed by atoms with Crippen molar-refractivity contribution in [3.8, 4) is 0 Å². The number of aromatic nitrogens is 2. The van der Waals surface area contributed by atoms with Gasteiger partial charge >= 0.3 is 6.18 Å². The maximum absolute atomic E-state index is 12.1. The van der Waals surface area contributed by atoms with E-state index in [2.05, 4.69) is 9.97 Å². The van der Waals surface area contributed by atoms with Gasteiger partial charge in [-0.3, -0.25) is 4.79 Å². The van der Waals surface area contributed by atoms with E-state index in [9.17, 15) is 18.0 Å². The van der Waals surface area contributed by atoms with Gasteiger partial charge in [0.25, 0.3) is 0 Å². The third-order valence-corrected chi connectivity index (χ3v) is 3.74. The van der Waals surface area contributed by atoms with E-state index < -0.39 is 23.9 Å². The molecule has 1 heterocycles. The number of alkyl halides is 3. The Balaban J connectivity index is 2.08.